The summed E-state index contributed by atoms with van der Waals surface area (Å²) in [5.74, 6) is -0.324. The van der Waals surface area contributed by atoms with Crippen molar-refractivity contribution in [2.24, 2.45) is 5.73 Å². The summed E-state index contributed by atoms with van der Waals surface area (Å²) in [6, 6.07) is 11.6. The lowest BCUT2D eigenvalue weighted by Crippen LogP contribution is -2.37. The van der Waals surface area contributed by atoms with Crippen LogP contribution >= 0.6 is 15.9 Å². The summed E-state index contributed by atoms with van der Waals surface area (Å²) >= 11 is 3.41. The molecular formula is C25H26BrN3O5. The molecule has 8 nitrogen and oxygen atoms in total. The van der Waals surface area contributed by atoms with Crippen molar-refractivity contribution in [1.29, 1.82) is 0 Å². The Morgan fingerprint density at radius 1 is 1.15 bits per heavy atom. The number of hydrogen-bond donors (Lipinski definition) is 1. The first kappa shape index (κ1) is 24.0. The molecule has 4 rings (SSSR count). The van der Waals surface area contributed by atoms with Gasteiger partial charge in [0.05, 0.1) is 17.0 Å². The third-order valence-electron chi connectivity index (χ3n) is 6.06. The van der Waals surface area contributed by atoms with Crippen LogP contribution in [0.25, 0.3) is 11.0 Å². The fraction of sp³-hybridized carbons (Fsp3) is 0.320. The number of benzene rings is 2. The van der Waals surface area contributed by atoms with Crippen molar-refractivity contribution in [3.05, 3.63) is 74.0 Å². The first-order chi connectivity index (χ1) is 16.3. The lowest BCUT2D eigenvalue weighted by atomic mass is 9.98. The van der Waals surface area contributed by atoms with E-state index >= 15 is 0 Å². The number of nitrogens with zero attached hydrogens (tertiary/aromatic N) is 2. The molecule has 1 aromatic heterocycles. The number of nitrogens with two attached hydrogens (primary N) is 1. The zero-order valence-electron chi connectivity index (χ0n) is 19.0. The molecule has 9 heteroatoms. The van der Waals surface area contributed by atoms with Gasteiger partial charge in [-0.15, -0.1) is 0 Å². The highest BCUT2D eigenvalue weighted by molar-refractivity contribution is 9.10. The number of likely N-dealkylation sites (N-methyl/N-ethyl adjacent to an activating group) is 1. The van der Waals surface area contributed by atoms with Gasteiger partial charge in [0.15, 0.2) is 12.0 Å². The minimum atomic E-state index is -0.595. The normalized spacial score (nSPS) is 15.2. The summed E-state index contributed by atoms with van der Waals surface area (Å²) in [4.78, 5) is 42.0. The fourth-order valence-corrected chi connectivity index (χ4v) is 4.62. The molecule has 34 heavy (non-hydrogen) atoms. The highest BCUT2D eigenvalue weighted by Gasteiger charge is 2.42. The predicted octanol–water partition coefficient (Wildman–Crippen LogP) is 3.31. The van der Waals surface area contributed by atoms with Crippen LogP contribution < -0.4 is 15.9 Å². The van der Waals surface area contributed by atoms with E-state index in [0.717, 1.165) is 23.1 Å². The largest absolute Gasteiger partial charge is 0.484 e. The van der Waals surface area contributed by atoms with Crippen LogP contribution in [0.4, 0.5) is 0 Å². The maximum atomic E-state index is 13.6. The molecule has 0 bridgehead atoms. The molecule has 0 fully saturated rings. The Kier molecular flexibility index (Phi) is 7.04. The molecule has 178 valence electrons. The first-order valence-electron chi connectivity index (χ1n) is 11.1. The summed E-state index contributed by atoms with van der Waals surface area (Å²) in [6.07, 6.45) is 0. The smallest absolute Gasteiger partial charge is 0.290 e. The summed E-state index contributed by atoms with van der Waals surface area (Å²) in [7, 11) is 0. The topological polar surface area (TPSA) is 106 Å². The second-order valence-electron chi connectivity index (χ2n) is 8.07. The average Bonchev–Trinajstić information content (AvgIpc) is 3.11. The molecule has 3 aromatic rings. The Bertz CT molecular complexity index is 1280. The van der Waals surface area contributed by atoms with Crippen molar-refractivity contribution < 1.29 is 18.7 Å². The molecule has 2 N–H and O–H groups in total. The number of fused-ring (bicyclic) bond motifs is 2. The maximum Gasteiger partial charge on any atom is 0.290 e. The van der Waals surface area contributed by atoms with Gasteiger partial charge >= 0.3 is 0 Å². The van der Waals surface area contributed by atoms with Crippen LogP contribution in [0, 0.1) is 0 Å². The SMILES string of the molecule is CCN(CC)CCN1C(=O)c2oc3ccc(Br)cc3c(=O)c2C1c1ccc(OCC(N)=O)cc1. The molecule has 1 aliphatic rings. The molecule has 1 atom stereocenters. The van der Waals surface area contributed by atoms with E-state index in [1.807, 2.05) is 0 Å². The Balaban J connectivity index is 1.79. The number of carbonyl (C=O) groups excluding carboxylic acids is 2. The quantitative estimate of drug-likeness (QED) is 0.457. The van der Waals surface area contributed by atoms with E-state index in [2.05, 4.69) is 34.7 Å². The highest BCUT2D eigenvalue weighted by Crippen LogP contribution is 2.38. The Morgan fingerprint density at radius 2 is 1.85 bits per heavy atom. The monoisotopic (exact) mass is 527 g/mol. The Labute approximate surface area is 205 Å². The standard InChI is InChI=1S/C25H26BrN3O5/c1-3-28(4-2)11-12-29-22(15-5-8-17(9-6-15)33-14-20(27)30)21-23(31)18-13-16(26)7-10-19(18)34-24(21)25(29)32/h5-10,13,22H,3-4,11-12,14H2,1-2H3,(H2,27,30). The van der Waals surface area contributed by atoms with Gasteiger partial charge in [-0.1, -0.05) is 41.9 Å². The first-order valence-corrected chi connectivity index (χ1v) is 11.9. The fourth-order valence-electron chi connectivity index (χ4n) is 4.26. The lowest BCUT2D eigenvalue weighted by Gasteiger charge is -2.28. The van der Waals surface area contributed by atoms with Gasteiger partial charge < -0.3 is 24.7 Å². The number of carbonyl (C=O) groups is 2. The Morgan fingerprint density at radius 3 is 2.50 bits per heavy atom. The molecule has 1 aliphatic heterocycles. The van der Waals surface area contributed by atoms with Crippen molar-refractivity contribution >= 4 is 38.7 Å². The van der Waals surface area contributed by atoms with Crippen LogP contribution in [0.1, 0.15) is 41.6 Å². The summed E-state index contributed by atoms with van der Waals surface area (Å²) in [6.45, 7) is 6.74. The van der Waals surface area contributed by atoms with Gasteiger partial charge in [-0.05, 0) is 49.0 Å². The molecule has 1 unspecified atom stereocenters. The molecule has 0 radical (unpaired) electrons. The van der Waals surface area contributed by atoms with E-state index in [9.17, 15) is 14.4 Å². The van der Waals surface area contributed by atoms with Crippen molar-refractivity contribution in [3.63, 3.8) is 0 Å². The van der Waals surface area contributed by atoms with E-state index < -0.39 is 11.9 Å². The third kappa shape index (κ3) is 4.58. The molecular weight excluding hydrogens is 502 g/mol. The van der Waals surface area contributed by atoms with E-state index in [4.69, 9.17) is 14.9 Å². The molecule has 0 aliphatic carbocycles. The van der Waals surface area contributed by atoms with E-state index in [1.165, 1.54) is 0 Å². The van der Waals surface area contributed by atoms with Gasteiger partial charge in [-0.2, -0.15) is 0 Å². The number of rotatable bonds is 9. The van der Waals surface area contributed by atoms with E-state index in [0.29, 0.717) is 35.4 Å². The van der Waals surface area contributed by atoms with Crippen molar-refractivity contribution in [2.75, 3.05) is 32.8 Å². The molecule has 0 saturated heterocycles. The zero-order chi connectivity index (χ0) is 24.4. The van der Waals surface area contributed by atoms with Crippen molar-refractivity contribution in [1.82, 2.24) is 9.80 Å². The number of primary amides is 1. The van der Waals surface area contributed by atoms with Crippen LogP contribution in [0.15, 0.2) is 56.1 Å². The number of halogens is 1. The minimum absolute atomic E-state index is 0.0819. The molecule has 0 spiro atoms. The predicted molar refractivity (Wildman–Crippen MR) is 132 cm³/mol. The van der Waals surface area contributed by atoms with Gasteiger partial charge in [0.1, 0.15) is 11.3 Å². The van der Waals surface area contributed by atoms with E-state index in [-0.39, 0.29) is 23.7 Å². The van der Waals surface area contributed by atoms with Crippen LogP contribution in [0.5, 0.6) is 5.75 Å². The molecule has 2 heterocycles. The summed E-state index contributed by atoms with van der Waals surface area (Å²) in [5, 5.41) is 0.415. The zero-order valence-corrected chi connectivity index (χ0v) is 20.6. The Hall–Kier alpha value is -3.17. The molecule has 2 aromatic carbocycles. The van der Waals surface area contributed by atoms with Crippen molar-refractivity contribution in [3.8, 4) is 5.75 Å². The van der Waals surface area contributed by atoms with Crippen LogP contribution in [0.2, 0.25) is 0 Å². The van der Waals surface area contributed by atoms with Crippen LogP contribution in [0.3, 0.4) is 0 Å². The van der Waals surface area contributed by atoms with Crippen LogP contribution in [-0.4, -0.2) is 54.4 Å². The average molecular weight is 528 g/mol. The van der Waals surface area contributed by atoms with Crippen molar-refractivity contribution in [2.45, 2.75) is 19.9 Å². The number of hydrogen-bond acceptors (Lipinski definition) is 6. The van der Waals surface area contributed by atoms with Crippen LogP contribution in [-0.2, 0) is 4.79 Å². The minimum Gasteiger partial charge on any atom is -0.484 e. The van der Waals surface area contributed by atoms with Gasteiger partial charge in [0, 0.05) is 17.6 Å². The number of ether oxygens (including phenoxy) is 1. The second-order valence-corrected chi connectivity index (χ2v) is 8.98. The number of amides is 2. The summed E-state index contributed by atoms with van der Waals surface area (Å²) < 4.78 is 12.1. The molecule has 0 saturated carbocycles. The summed E-state index contributed by atoms with van der Waals surface area (Å²) in [5.41, 5.74) is 6.38. The van der Waals surface area contributed by atoms with E-state index in [1.54, 1.807) is 47.4 Å². The lowest BCUT2D eigenvalue weighted by molar-refractivity contribution is -0.119. The van der Waals surface area contributed by atoms with Gasteiger partial charge in [-0.25, -0.2) is 0 Å². The van der Waals surface area contributed by atoms with Gasteiger partial charge in [-0.3, -0.25) is 14.4 Å². The highest BCUT2D eigenvalue weighted by atomic mass is 79.9. The van der Waals surface area contributed by atoms with Gasteiger partial charge in [0.25, 0.3) is 11.8 Å². The van der Waals surface area contributed by atoms with Gasteiger partial charge in [0.2, 0.25) is 5.76 Å². The third-order valence-corrected chi connectivity index (χ3v) is 6.55. The molecule has 2 amide bonds. The maximum absolute atomic E-state index is 13.6. The second kappa shape index (κ2) is 9.99.